The van der Waals surface area contributed by atoms with E-state index < -0.39 is 0 Å². The van der Waals surface area contributed by atoms with Crippen LogP contribution in [0.15, 0.2) is 30.5 Å². The summed E-state index contributed by atoms with van der Waals surface area (Å²) in [7, 11) is 0. The number of aryl methyl sites for hydroxylation is 1. The molecule has 1 atom stereocenters. The summed E-state index contributed by atoms with van der Waals surface area (Å²) in [5, 5.41) is 4.08. The Balaban J connectivity index is 1.81. The zero-order valence-corrected chi connectivity index (χ0v) is 11.3. The number of hydrogen-bond acceptors (Lipinski definition) is 2. The Labute approximate surface area is 113 Å². The number of amides is 1. The van der Waals surface area contributed by atoms with E-state index >= 15 is 0 Å². The van der Waals surface area contributed by atoms with Gasteiger partial charge in [-0.25, -0.2) is 0 Å². The first-order valence-corrected chi connectivity index (χ1v) is 6.74. The number of H-pyrrole nitrogens is 1. The first-order valence-electron chi connectivity index (χ1n) is 6.74. The molecule has 0 saturated heterocycles. The van der Waals surface area contributed by atoms with Gasteiger partial charge in [0.05, 0.1) is 0 Å². The monoisotopic (exact) mass is 259 g/mol. The normalized spacial score (nSPS) is 12.5. The predicted molar refractivity (Wildman–Crippen MR) is 77.9 cm³/mol. The van der Waals surface area contributed by atoms with Gasteiger partial charge in [-0.2, -0.15) is 0 Å². The molecule has 0 saturated carbocycles. The largest absolute Gasteiger partial charge is 0.361 e. The summed E-state index contributed by atoms with van der Waals surface area (Å²) in [4.78, 5) is 14.8. The van der Waals surface area contributed by atoms with Crippen LogP contribution in [0.2, 0.25) is 0 Å². The molecule has 1 heterocycles. The maximum atomic E-state index is 11.6. The molecular formula is C15H21N3O. The lowest BCUT2D eigenvalue weighted by Crippen LogP contribution is -2.35. The minimum absolute atomic E-state index is 0.0116. The van der Waals surface area contributed by atoms with Gasteiger partial charge < -0.3 is 16.0 Å². The molecule has 1 amide bonds. The first-order chi connectivity index (χ1) is 9.16. The Morgan fingerprint density at radius 1 is 1.42 bits per heavy atom. The molecule has 0 bridgehead atoms. The van der Waals surface area contributed by atoms with Gasteiger partial charge in [-0.3, -0.25) is 4.79 Å². The van der Waals surface area contributed by atoms with Gasteiger partial charge in [0, 0.05) is 36.1 Å². The summed E-state index contributed by atoms with van der Waals surface area (Å²) < 4.78 is 0. The summed E-state index contributed by atoms with van der Waals surface area (Å²) in [5.41, 5.74) is 8.02. The van der Waals surface area contributed by atoms with Crippen LogP contribution in [0.25, 0.3) is 10.9 Å². The number of carbonyl (C=O) groups excluding carboxylic acids is 1. The van der Waals surface area contributed by atoms with Crippen molar-refractivity contribution in [1.82, 2.24) is 10.3 Å². The third-order valence-corrected chi connectivity index (χ3v) is 3.15. The van der Waals surface area contributed by atoms with Crippen molar-refractivity contribution >= 4 is 16.8 Å². The first kappa shape index (κ1) is 13.6. The van der Waals surface area contributed by atoms with E-state index in [1.165, 1.54) is 10.9 Å². The lowest BCUT2D eigenvalue weighted by atomic mass is 10.1. The molecule has 0 aliphatic carbocycles. The molecule has 0 spiro atoms. The van der Waals surface area contributed by atoms with Crippen LogP contribution in [0.5, 0.6) is 0 Å². The van der Waals surface area contributed by atoms with Crippen molar-refractivity contribution in [3.63, 3.8) is 0 Å². The van der Waals surface area contributed by atoms with Gasteiger partial charge in [0.25, 0.3) is 0 Å². The quantitative estimate of drug-likeness (QED) is 0.742. The Bertz CT molecular complexity index is 545. The van der Waals surface area contributed by atoms with Crippen LogP contribution in [0.1, 0.15) is 25.3 Å². The highest BCUT2D eigenvalue weighted by Crippen LogP contribution is 2.19. The topological polar surface area (TPSA) is 70.9 Å². The fourth-order valence-corrected chi connectivity index (χ4v) is 2.14. The Morgan fingerprint density at radius 2 is 2.21 bits per heavy atom. The van der Waals surface area contributed by atoms with Gasteiger partial charge in [-0.05, 0) is 31.4 Å². The minimum atomic E-state index is 0.0116. The lowest BCUT2D eigenvalue weighted by molar-refractivity contribution is -0.121. The second kappa shape index (κ2) is 6.38. The summed E-state index contributed by atoms with van der Waals surface area (Å²) in [6.07, 6.45) is 4.35. The van der Waals surface area contributed by atoms with Crippen molar-refractivity contribution in [1.29, 1.82) is 0 Å². The highest BCUT2D eigenvalue weighted by atomic mass is 16.1. The third-order valence-electron chi connectivity index (χ3n) is 3.15. The number of aromatic amines is 1. The van der Waals surface area contributed by atoms with Crippen molar-refractivity contribution < 1.29 is 4.79 Å². The SMILES string of the molecule is CC(N)CNC(=O)CCCc1c[nH]c2ccccc12. The van der Waals surface area contributed by atoms with E-state index in [1.54, 1.807) is 0 Å². The van der Waals surface area contributed by atoms with Gasteiger partial charge in [0.2, 0.25) is 5.91 Å². The maximum absolute atomic E-state index is 11.6. The van der Waals surface area contributed by atoms with Crippen LogP contribution in [0.3, 0.4) is 0 Å². The highest BCUT2D eigenvalue weighted by Gasteiger charge is 2.05. The zero-order valence-electron chi connectivity index (χ0n) is 11.3. The van der Waals surface area contributed by atoms with Gasteiger partial charge in [0.15, 0.2) is 0 Å². The van der Waals surface area contributed by atoms with Gasteiger partial charge >= 0.3 is 0 Å². The van der Waals surface area contributed by atoms with Gasteiger partial charge in [-0.1, -0.05) is 18.2 Å². The molecule has 2 rings (SSSR count). The molecule has 0 aliphatic rings. The molecule has 4 heteroatoms. The van der Waals surface area contributed by atoms with E-state index in [0.717, 1.165) is 18.4 Å². The summed E-state index contributed by atoms with van der Waals surface area (Å²) in [5.74, 6) is 0.0807. The average molecular weight is 259 g/mol. The molecule has 4 N–H and O–H groups in total. The fourth-order valence-electron chi connectivity index (χ4n) is 2.14. The minimum Gasteiger partial charge on any atom is -0.361 e. The number of carbonyl (C=O) groups is 1. The maximum Gasteiger partial charge on any atom is 0.220 e. The van der Waals surface area contributed by atoms with E-state index in [-0.39, 0.29) is 11.9 Å². The van der Waals surface area contributed by atoms with Crippen LogP contribution >= 0.6 is 0 Å². The predicted octanol–water partition coefficient (Wildman–Crippen LogP) is 1.95. The average Bonchev–Trinajstić information content (AvgIpc) is 2.80. The number of hydrogen-bond donors (Lipinski definition) is 3. The number of aromatic nitrogens is 1. The Hall–Kier alpha value is -1.81. The van der Waals surface area contributed by atoms with E-state index in [4.69, 9.17) is 5.73 Å². The standard InChI is InChI=1S/C15H21N3O/c1-11(16)9-18-15(19)8-4-5-12-10-17-14-7-3-2-6-13(12)14/h2-3,6-7,10-11,17H,4-5,8-9,16H2,1H3,(H,18,19). The molecule has 2 aromatic rings. The second-order valence-electron chi connectivity index (χ2n) is 4.99. The molecule has 0 radical (unpaired) electrons. The van der Waals surface area contributed by atoms with E-state index in [0.29, 0.717) is 13.0 Å². The number of rotatable bonds is 6. The Kier molecular flexibility index (Phi) is 4.58. The second-order valence-corrected chi connectivity index (χ2v) is 4.99. The van der Waals surface area contributed by atoms with E-state index in [9.17, 15) is 4.79 Å². The number of fused-ring (bicyclic) bond motifs is 1. The third kappa shape index (κ3) is 3.83. The van der Waals surface area contributed by atoms with Crippen LogP contribution in [-0.4, -0.2) is 23.5 Å². The Morgan fingerprint density at radius 3 is 3.00 bits per heavy atom. The molecule has 1 unspecified atom stereocenters. The number of nitrogens with one attached hydrogen (secondary N) is 2. The van der Waals surface area contributed by atoms with Gasteiger partial charge in [-0.15, -0.1) is 0 Å². The van der Waals surface area contributed by atoms with Crippen molar-refractivity contribution in [3.8, 4) is 0 Å². The zero-order chi connectivity index (χ0) is 13.7. The fraction of sp³-hybridized carbons (Fsp3) is 0.400. The number of para-hydroxylation sites is 1. The molecular weight excluding hydrogens is 238 g/mol. The number of benzene rings is 1. The summed E-state index contributed by atoms with van der Waals surface area (Å²) >= 11 is 0. The number of nitrogens with two attached hydrogens (primary N) is 1. The van der Waals surface area contributed by atoms with E-state index in [1.807, 2.05) is 25.3 Å². The van der Waals surface area contributed by atoms with Crippen LogP contribution in [-0.2, 0) is 11.2 Å². The lowest BCUT2D eigenvalue weighted by Gasteiger charge is -2.07. The van der Waals surface area contributed by atoms with Crippen LogP contribution in [0, 0.1) is 0 Å². The van der Waals surface area contributed by atoms with Gasteiger partial charge in [0.1, 0.15) is 0 Å². The molecule has 4 nitrogen and oxygen atoms in total. The smallest absolute Gasteiger partial charge is 0.220 e. The summed E-state index contributed by atoms with van der Waals surface area (Å²) in [6, 6.07) is 8.24. The molecule has 1 aromatic carbocycles. The van der Waals surface area contributed by atoms with Crippen molar-refractivity contribution in [2.24, 2.45) is 5.73 Å². The molecule has 102 valence electrons. The molecule has 0 fully saturated rings. The van der Waals surface area contributed by atoms with Crippen molar-refractivity contribution in [2.75, 3.05) is 6.54 Å². The summed E-state index contributed by atoms with van der Waals surface area (Å²) in [6.45, 7) is 2.43. The molecule has 0 aliphatic heterocycles. The van der Waals surface area contributed by atoms with Crippen molar-refractivity contribution in [3.05, 3.63) is 36.0 Å². The van der Waals surface area contributed by atoms with Crippen molar-refractivity contribution in [2.45, 2.75) is 32.2 Å². The van der Waals surface area contributed by atoms with Crippen LogP contribution in [0.4, 0.5) is 0 Å². The molecule has 19 heavy (non-hydrogen) atoms. The van der Waals surface area contributed by atoms with E-state index in [2.05, 4.69) is 22.4 Å². The highest BCUT2D eigenvalue weighted by molar-refractivity contribution is 5.83. The molecule has 1 aromatic heterocycles. The van der Waals surface area contributed by atoms with Crippen LogP contribution < -0.4 is 11.1 Å².